The SMILES string of the molecule is Cc1cc(C2CC2)cc2c3c(N)ncnc3n(CC(=O)OC(C)(C)C)c12. The van der Waals surface area contributed by atoms with Gasteiger partial charge < -0.3 is 15.0 Å². The van der Waals surface area contributed by atoms with E-state index in [0.717, 1.165) is 21.9 Å². The maximum atomic E-state index is 12.5. The summed E-state index contributed by atoms with van der Waals surface area (Å²) in [5, 5.41) is 1.83. The fourth-order valence-electron chi connectivity index (χ4n) is 3.62. The van der Waals surface area contributed by atoms with Crippen molar-refractivity contribution in [3.63, 3.8) is 0 Å². The summed E-state index contributed by atoms with van der Waals surface area (Å²) in [4.78, 5) is 21.1. The number of fused-ring (bicyclic) bond motifs is 3. The minimum atomic E-state index is -0.530. The van der Waals surface area contributed by atoms with Crippen molar-refractivity contribution < 1.29 is 9.53 Å². The minimum Gasteiger partial charge on any atom is -0.459 e. The number of nitrogen functional groups attached to an aromatic ring is 1. The largest absolute Gasteiger partial charge is 0.459 e. The number of benzene rings is 1. The van der Waals surface area contributed by atoms with Crippen LogP contribution in [0.2, 0.25) is 0 Å². The molecular formula is C20H24N4O2. The first-order valence-corrected chi connectivity index (χ1v) is 8.99. The molecule has 1 aliphatic rings. The lowest BCUT2D eigenvalue weighted by Crippen LogP contribution is -2.26. The van der Waals surface area contributed by atoms with Crippen molar-refractivity contribution in [2.75, 3.05) is 5.73 Å². The van der Waals surface area contributed by atoms with E-state index in [4.69, 9.17) is 10.5 Å². The molecule has 2 aromatic heterocycles. The molecule has 2 N–H and O–H groups in total. The Labute approximate surface area is 152 Å². The van der Waals surface area contributed by atoms with Gasteiger partial charge in [-0.05, 0) is 63.6 Å². The first-order valence-electron chi connectivity index (χ1n) is 8.99. The molecule has 0 spiro atoms. The van der Waals surface area contributed by atoms with Crippen LogP contribution in [0.25, 0.3) is 21.9 Å². The number of carbonyl (C=O) groups excluding carboxylic acids is 1. The van der Waals surface area contributed by atoms with Crippen LogP contribution >= 0.6 is 0 Å². The Bertz CT molecular complexity index is 1030. The molecule has 0 radical (unpaired) electrons. The highest BCUT2D eigenvalue weighted by Crippen LogP contribution is 2.43. The van der Waals surface area contributed by atoms with Crippen molar-refractivity contribution in [1.29, 1.82) is 0 Å². The van der Waals surface area contributed by atoms with Crippen LogP contribution in [0.3, 0.4) is 0 Å². The highest BCUT2D eigenvalue weighted by molar-refractivity contribution is 6.12. The topological polar surface area (TPSA) is 83.0 Å². The molecule has 0 amide bonds. The summed E-state index contributed by atoms with van der Waals surface area (Å²) >= 11 is 0. The Morgan fingerprint density at radius 1 is 1.31 bits per heavy atom. The van der Waals surface area contributed by atoms with Crippen molar-refractivity contribution in [2.24, 2.45) is 0 Å². The van der Waals surface area contributed by atoms with Gasteiger partial charge in [0.15, 0.2) is 0 Å². The third-order valence-electron chi connectivity index (χ3n) is 4.73. The molecule has 0 aliphatic heterocycles. The van der Waals surface area contributed by atoms with Crippen LogP contribution < -0.4 is 5.73 Å². The molecule has 0 unspecified atom stereocenters. The van der Waals surface area contributed by atoms with Crippen LogP contribution in [0, 0.1) is 6.92 Å². The number of rotatable bonds is 3. The second-order valence-corrected chi connectivity index (χ2v) is 8.14. The molecule has 0 atom stereocenters. The number of nitrogens with zero attached hydrogens (tertiary/aromatic N) is 3. The van der Waals surface area contributed by atoms with Crippen LogP contribution in [0.15, 0.2) is 18.5 Å². The fraction of sp³-hybridized carbons (Fsp3) is 0.450. The first-order chi connectivity index (χ1) is 12.2. The third kappa shape index (κ3) is 2.89. The number of nitrogens with two attached hydrogens (primary N) is 1. The number of hydrogen-bond donors (Lipinski definition) is 1. The molecule has 4 rings (SSSR count). The van der Waals surface area contributed by atoms with E-state index in [9.17, 15) is 4.79 Å². The van der Waals surface area contributed by atoms with Crippen LogP contribution in [0.5, 0.6) is 0 Å². The number of esters is 1. The smallest absolute Gasteiger partial charge is 0.326 e. The van der Waals surface area contributed by atoms with E-state index in [1.807, 2.05) is 25.3 Å². The summed E-state index contributed by atoms with van der Waals surface area (Å²) in [5.74, 6) is 0.780. The highest BCUT2D eigenvalue weighted by atomic mass is 16.6. The number of carbonyl (C=O) groups is 1. The van der Waals surface area contributed by atoms with Crippen LogP contribution in [0.1, 0.15) is 50.7 Å². The Morgan fingerprint density at radius 3 is 2.69 bits per heavy atom. The van der Waals surface area contributed by atoms with Gasteiger partial charge in [0.1, 0.15) is 29.9 Å². The Hall–Kier alpha value is -2.63. The highest BCUT2D eigenvalue weighted by Gasteiger charge is 2.27. The van der Waals surface area contributed by atoms with Gasteiger partial charge in [-0.15, -0.1) is 0 Å². The summed E-state index contributed by atoms with van der Waals surface area (Å²) in [7, 11) is 0. The minimum absolute atomic E-state index is 0.0946. The van der Waals surface area contributed by atoms with E-state index >= 15 is 0 Å². The molecule has 2 heterocycles. The number of ether oxygens (including phenoxy) is 1. The standard InChI is InChI=1S/C20H24N4O2/c1-11-7-13(12-5-6-12)8-14-16-18(21)22-10-23-19(16)24(17(11)14)9-15(25)26-20(2,3)4/h7-8,10,12H,5-6,9H2,1-4H3,(H2,21,22,23). The summed E-state index contributed by atoms with van der Waals surface area (Å²) in [6, 6.07) is 4.40. The van der Waals surface area contributed by atoms with Gasteiger partial charge in [-0.1, -0.05) is 6.07 Å². The van der Waals surface area contributed by atoms with Crippen molar-refractivity contribution in [2.45, 2.75) is 58.6 Å². The third-order valence-corrected chi connectivity index (χ3v) is 4.73. The van der Waals surface area contributed by atoms with Gasteiger partial charge in [0, 0.05) is 5.39 Å². The maximum absolute atomic E-state index is 12.5. The van der Waals surface area contributed by atoms with Gasteiger partial charge in [-0.3, -0.25) is 4.79 Å². The van der Waals surface area contributed by atoms with Crippen molar-refractivity contribution in [3.05, 3.63) is 29.6 Å². The molecule has 1 fully saturated rings. The van der Waals surface area contributed by atoms with Crippen molar-refractivity contribution >= 4 is 33.7 Å². The molecule has 6 nitrogen and oxygen atoms in total. The zero-order valence-electron chi connectivity index (χ0n) is 15.7. The summed E-state index contributed by atoms with van der Waals surface area (Å²) in [5.41, 5.74) is 9.74. The van der Waals surface area contributed by atoms with Crippen molar-refractivity contribution in [1.82, 2.24) is 14.5 Å². The molecule has 136 valence electrons. The number of hydrogen-bond acceptors (Lipinski definition) is 5. The normalized spacial score (nSPS) is 14.9. The predicted molar refractivity (Wildman–Crippen MR) is 102 cm³/mol. The Kier molecular flexibility index (Phi) is 3.68. The molecule has 0 saturated heterocycles. The van der Waals surface area contributed by atoms with Crippen molar-refractivity contribution in [3.8, 4) is 0 Å². The van der Waals surface area contributed by atoms with E-state index in [2.05, 4.69) is 29.0 Å². The quantitative estimate of drug-likeness (QED) is 0.727. The van der Waals surface area contributed by atoms with Crippen LogP contribution in [-0.4, -0.2) is 26.1 Å². The average molecular weight is 352 g/mol. The summed E-state index contributed by atoms with van der Waals surface area (Å²) in [6.07, 6.45) is 3.90. The second-order valence-electron chi connectivity index (χ2n) is 8.14. The molecule has 1 aromatic carbocycles. The van der Waals surface area contributed by atoms with Gasteiger partial charge in [0.05, 0.1) is 10.9 Å². The summed E-state index contributed by atoms with van der Waals surface area (Å²) in [6.45, 7) is 7.76. The van der Waals surface area contributed by atoms with E-state index in [1.165, 1.54) is 24.7 Å². The molecule has 0 bridgehead atoms. The second kappa shape index (κ2) is 5.69. The lowest BCUT2D eigenvalue weighted by atomic mass is 10.0. The zero-order valence-corrected chi connectivity index (χ0v) is 15.7. The molecule has 3 aromatic rings. The number of anilines is 1. The number of aryl methyl sites for hydroxylation is 1. The monoisotopic (exact) mass is 352 g/mol. The van der Waals surface area contributed by atoms with E-state index in [1.54, 1.807) is 0 Å². The lowest BCUT2D eigenvalue weighted by molar-refractivity contribution is -0.155. The average Bonchev–Trinajstić information content (AvgIpc) is 3.31. The van der Waals surface area contributed by atoms with Gasteiger partial charge in [0.25, 0.3) is 0 Å². The Balaban J connectivity index is 1.93. The maximum Gasteiger partial charge on any atom is 0.326 e. The van der Waals surface area contributed by atoms with E-state index in [-0.39, 0.29) is 12.5 Å². The number of aromatic nitrogens is 3. The summed E-state index contributed by atoms with van der Waals surface area (Å²) < 4.78 is 7.42. The van der Waals surface area contributed by atoms with E-state index < -0.39 is 5.60 Å². The molecule has 1 aliphatic carbocycles. The molecular weight excluding hydrogens is 328 g/mol. The predicted octanol–water partition coefficient (Wildman–Crippen LogP) is 3.69. The van der Waals surface area contributed by atoms with E-state index in [0.29, 0.717) is 17.4 Å². The zero-order chi connectivity index (χ0) is 18.6. The van der Waals surface area contributed by atoms with Crippen LogP contribution in [0.4, 0.5) is 5.82 Å². The molecule has 6 heteroatoms. The fourth-order valence-corrected chi connectivity index (χ4v) is 3.62. The molecule has 1 saturated carbocycles. The Morgan fingerprint density at radius 2 is 2.04 bits per heavy atom. The van der Waals surface area contributed by atoms with Crippen LogP contribution in [-0.2, 0) is 16.1 Å². The molecule has 26 heavy (non-hydrogen) atoms. The van der Waals surface area contributed by atoms with Gasteiger partial charge in [-0.25, -0.2) is 9.97 Å². The first kappa shape index (κ1) is 16.8. The van der Waals surface area contributed by atoms with Gasteiger partial charge in [0.2, 0.25) is 0 Å². The van der Waals surface area contributed by atoms with Gasteiger partial charge in [-0.2, -0.15) is 0 Å². The lowest BCUT2D eigenvalue weighted by Gasteiger charge is -2.20. The van der Waals surface area contributed by atoms with Gasteiger partial charge >= 0.3 is 5.97 Å².